The number of hydrogen-bond donors (Lipinski definition) is 2. The molecule has 2 aliphatic rings. The fourth-order valence-corrected chi connectivity index (χ4v) is 6.83. The number of fused-ring (bicyclic) bond motifs is 1. The van der Waals surface area contributed by atoms with Crippen molar-refractivity contribution in [1.82, 2.24) is 9.21 Å². The molecule has 0 atom stereocenters. The third-order valence-electron chi connectivity index (χ3n) is 5.74. The van der Waals surface area contributed by atoms with Crippen molar-refractivity contribution in [3.05, 3.63) is 45.8 Å². The Morgan fingerprint density at radius 3 is 2.44 bits per heavy atom. The highest BCUT2D eigenvalue weighted by molar-refractivity contribution is 7.89. The lowest BCUT2D eigenvalue weighted by atomic mass is 10.1. The van der Waals surface area contributed by atoms with Gasteiger partial charge in [-0.05, 0) is 49.1 Å². The van der Waals surface area contributed by atoms with E-state index in [0.717, 1.165) is 29.7 Å². The Kier molecular flexibility index (Phi) is 6.30. The second-order valence-electron chi connectivity index (χ2n) is 7.79. The number of sulfonamides is 1. The monoisotopic (exact) mass is 473 g/mol. The van der Waals surface area contributed by atoms with Crippen molar-refractivity contribution in [2.75, 3.05) is 38.0 Å². The average Bonchev–Trinajstić information content (AvgIpc) is 3.34. The number of anilines is 1. The zero-order valence-corrected chi connectivity index (χ0v) is 19.0. The van der Waals surface area contributed by atoms with Crippen LogP contribution in [0.3, 0.4) is 0 Å². The van der Waals surface area contributed by atoms with Crippen LogP contribution < -0.4 is 11.1 Å². The Labute approximate surface area is 190 Å². The van der Waals surface area contributed by atoms with Crippen LogP contribution in [0.15, 0.2) is 29.2 Å². The van der Waals surface area contributed by atoms with E-state index in [0.29, 0.717) is 29.2 Å². The summed E-state index contributed by atoms with van der Waals surface area (Å²) in [6, 6.07) is 7.80. The van der Waals surface area contributed by atoms with E-state index in [9.17, 15) is 18.0 Å². The first kappa shape index (κ1) is 22.4. The molecule has 1 aliphatic carbocycles. The van der Waals surface area contributed by atoms with E-state index in [2.05, 4.69) is 5.32 Å². The number of primary amides is 1. The first-order chi connectivity index (χ1) is 15.3. The normalized spacial score (nSPS) is 17.0. The molecule has 0 unspecified atom stereocenters. The molecule has 168 valence electrons. The maximum atomic E-state index is 12.8. The molecule has 2 heterocycles. The summed E-state index contributed by atoms with van der Waals surface area (Å²) in [5.41, 5.74) is 7.32. The Balaban J connectivity index is 1.35. The molecule has 2 aromatic rings. The van der Waals surface area contributed by atoms with Crippen LogP contribution in [-0.4, -0.2) is 62.2 Å². The number of aryl methyl sites for hydroxylation is 1. The van der Waals surface area contributed by atoms with Crippen LogP contribution in [0.2, 0.25) is 0 Å². The van der Waals surface area contributed by atoms with E-state index in [-0.39, 0.29) is 30.4 Å². The predicted octanol–water partition coefficient (Wildman–Crippen LogP) is 1.15. The smallest absolute Gasteiger partial charge is 0.251 e. The number of carbonyl (C=O) groups is 2. The lowest BCUT2D eigenvalue weighted by Gasteiger charge is -2.33. The fraction of sp³-hybridized carbons (Fsp3) is 0.381. The van der Waals surface area contributed by atoms with Gasteiger partial charge < -0.3 is 11.1 Å². The minimum atomic E-state index is -3.65. The standard InChI is InChI=1S/C21H23N5O4S2/c22-12-14-4-6-15(7-5-14)32(29,30)26-10-8-25(9-11-26)13-18(27)24-21-19(20(23)28)16-2-1-3-17(16)31-21/h4-7H,1-3,8-11,13H2,(H2,23,28)(H,24,27). The van der Waals surface area contributed by atoms with E-state index in [1.807, 2.05) is 11.0 Å². The molecule has 1 aromatic heterocycles. The zero-order chi connectivity index (χ0) is 22.9. The van der Waals surface area contributed by atoms with Gasteiger partial charge in [-0.25, -0.2) is 8.42 Å². The van der Waals surface area contributed by atoms with Crippen molar-refractivity contribution in [2.24, 2.45) is 5.73 Å². The van der Waals surface area contributed by atoms with E-state index >= 15 is 0 Å². The summed E-state index contributed by atoms with van der Waals surface area (Å²) in [5.74, 6) is -0.780. The number of nitrogens with two attached hydrogens (primary N) is 1. The molecule has 0 saturated carbocycles. The molecule has 0 bridgehead atoms. The van der Waals surface area contributed by atoms with Gasteiger partial charge in [-0.1, -0.05) is 0 Å². The molecule has 32 heavy (non-hydrogen) atoms. The summed E-state index contributed by atoms with van der Waals surface area (Å²) < 4.78 is 27.0. The van der Waals surface area contributed by atoms with Crippen molar-refractivity contribution in [3.63, 3.8) is 0 Å². The number of nitrogens with zero attached hydrogens (tertiary/aromatic N) is 3. The molecule has 0 radical (unpaired) electrons. The van der Waals surface area contributed by atoms with Crippen molar-refractivity contribution < 1.29 is 18.0 Å². The molecule has 3 N–H and O–H groups in total. The third-order valence-corrected chi connectivity index (χ3v) is 8.86. The Bertz CT molecular complexity index is 1190. The largest absolute Gasteiger partial charge is 0.365 e. The molecule has 2 amide bonds. The topological polar surface area (TPSA) is 137 Å². The Morgan fingerprint density at radius 2 is 1.81 bits per heavy atom. The predicted molar refractivity (Wildman–Crippen MR) is 120 cm³/mol. The number of rotatable bonds is 6. The molecular formula is C21H23N5O4S2. The van der Waals surface area contributed by atoms with Gasteiger partial charge in [0, 0.05) is 31.1 Å². The summed E-state index contributed by atoms with van der Waals surface area (Å²) in [6.45, 7) is 1.44. The van der Waals surface area contributed by atoms with Crippen LogP contribution in [0.4, 0.5) is 5.00 Å². The summed E-state index contributed by atoms with van der Waals surface area (Å²) >= 11 is 1.41. The minimum absolute atomic E-state index is 0.103. The average molecular weight is 474 g/mol. The van der Waals surface area contributed by atoms with Gasteiger partial charge in [0.05, 0.1) is 28.6 Å². The third kappa shape index (κ3) is 4.40. The van der Waals surface area contributed by atoms with Gasteiger partial charge in [0.25, 0.3) is 5.91 Å². The van der Waals surface area contributed by atoms with E-state index < -0.39 is 15.9 Å². The molecule has 11 heteroatoms. The molecule has 1 aromatic carbocycles. The van der Waals surface area contributed by atoms with Crippen molar-refractivity contribution in [3.8, 4) is 6.07 Å². The maximum Gasteiger partial charge on any atom is 0.251 e. The zero-order valence-electron chi connectivity index (χ0n) is 17.3. The summed E-state index contributed by atoms with van der Waals surface area (Å²) in [6.07, 6.45) is 2.69. The number of nitriles is 1. The number of thiophene rings is 1. The summed E-state index contributed by atoms with van der Waals surface area (Å²) in [5, 5.41) is 12.2. The van der Waals surface area contributed by atoms with Gasteiger partial charge in [-0.15, -0.1) is 11.3 Å². The summed E-state index contributed by atoms with van der Waals surface area (Å²) in [7, 11) is -3.65. The lowest BCUT2D eigenvalue weighted by Crippen LogP contribution is -2.50. The molecule has 1 fully saturated rings. The van der Waals surface area contributed by atoms with Gasteiger partial charge in [-0.2, -0.15) is 9.57 Å². The van der Waals surface area contributed by atoms with Crippen LogP contribution in [0.1, 0.15) is 32.8 Å². The molecule has 1 aliphatic heterocycles. The van der Waals surface area contributed by atoms with Gasteiger partial charge in [0.1, 0.15) is 5.00 Å². The molecule has 0 spiro atoms. The van der Waals surface area contributed by atoms with Crippen molar-refractivity contribution >= 4 is 38.2 Å². The van der Waals surface area contributed by atoms with Crippen molar-refractivity contribution in [1.29, 1.82) is 5.26 Å². The maximum absolute atomic E-state index is 12.8. The number of amides is 2. The molecule has 1 saturated heterocycles. The molecular weight excluding hydrogens is 450 g/mol. The highest BCUT2D eigenvalue weighted by Gasteiger charge is 2.30. The van der Waals surface area contributed by atoms with Crippen LogP contribution in [-0.2, 0) is 27.7 Å². The first-order valence-electron chi connectivity index (χ1n) is 10.3. The molecule has 9 nitrogen and oxygen atoms in total. The number of carbonyl (C=O) groups excluding carboxylic acids is 2. The Morgan fingerprint density at radius 1 is 1.12 bits per heavy atom. The second-order valence-corrected chi connectivity index (χ2v) is 10.8. The lowest BCUT2D eigenvalue weighted by molar-refractivity contribution is -0.117. The van der Waals surface area contributed by atoms with Crippen LogP contribution in [0.5, 0.6) is 0 Å². The highest BCUT2D eigenvalue weighted by Crippen LogP contribution is 2.38. The minimum Gasteiger partial charge on any atom is -0.365 e. The number of nitrogens with one attached hydrogen (secondary N) is 1. The molecule has 4 rings (SSSR count). The fourth-order valence-electron chi connectivity index (χ4n) is 4.10. The summed E-state index contributed by atoms with van der Waals surface area (Å²) in [4.78, 5) is 27.6. The van der Waals surface area contributed by atoms with Crippen LogP contribution >= 0.6 is 11.3 Å². The quantitative estimate of drug-likeness (QED) is 0.646. The number of benzene rings is 1. The van der Waals surface area contributed by atoms with Gasteiger partial charge in [0.15, 0.2) is 0 Å². The number of hydrogen-bond acceptors (Lipinski definition) is 7. The highest BCUT2D eigenvalue weighted by atomic mass is 32.2. The SMILES string of the molecule is N#Cc1ccc(S(=O)(=O)N2CCN(CC(=O)Nc3sc4c(c3C(N)=O)CCC4)CC2)cc1. The van der Waals surface area contributed by atoms with Gasteiger partial charge in [-0.3, -0.25) is 14.5 Å². The van der Waals surface area contributed by atoms with E-state index in [1.54, 1.807) is 0 Å². The first-order valence-corrected chi connectivity index (χ1v) is 12.5. The van der Waals surface area contributed by atoms with E-state index in [4.69, 9.17) is 11.0 Å². The second kappa shape index (κ2) is 8.99. The Hall–Kier alpha value is -2.78. The van der Waals surface area contributed by atoms with Crippen LogP contribution in [0.25, 0.3) is 0 Å². The number of piperazine rings is 1. The van der Waals surface area contributed by atoms with Crippen molar-refractivity contribution in [2.45, 2.75) is 24.2 Å². The van der Waals surface area contributed by atoms with Gasteiger partial charge in [0.2, 0.25) is 15.9 Å². The van der Waals surface area contributed by atoms with E-state index in [1.165, 1.54) is 39.9 Å². The van der Waals surface area contributed by atoms with Crippen LogP contribution in [0, 0.1) is 11.3 Å². The van der Waals surface area contributed by atoms with Gasteiger partial charge >= 0.3 is 0 Å².